The zero-order valence-electron chi connectivity index (χ0n) is 12.5. The lowest BCUT2D eigenvalue weighted by molar-refractivity contribution is 0.350. The van der Waals surface area contributed by atoms with E-state index in [1.54, 1.807) is 26.4 Å². The van der Waals surface area contributed by atoms with Crippen LogP contribution in [0.3, 0.4) is 0 Å². The summed E-state index contributed by atoms with van der Waals surface area (Å²) in [5.41, 5.74) is 1.62. The van der Waals surface area contributed by atoms with Crippen LogP contribution in [0.2, 0.25) is 0 Å². The minimum Gasteiger partial charge on any atom is -0.493 e. The lowest BCUT2D eigenvalue weighted by atomic mass is 10.1. The molecule has 1 unspecified atom stereocenters. The van der Waals surface area contributed by atoms with Gasteiger partial charge in [0.2, 0.25) is 0 Å². The fraction of sp³-hybridized carbons (Fsp3) is 0.294. The Morgan fingerprint density at radius 1 is 1.05 bits per heavy atom. The third-order valence-corrected chi connectivity index (χ3v) is 3.45. The lowest BCUT2D eigenvalue weighted by Crippen LogP contribution is -2.19. The largest absolute Gasteiger partial charge is 0.493 e. The first-order valence-electron chi connectivity index (χ1n) is 6.85. The number of hydrogen-bond donors (Lipinski definition) is 1. The molecule has 0 saturated carbocycles. The molecule has 0 bridgehead atoms. The van der Waals surface area contributed by atoms with E-state index in [-0.39, 0.29) is 11.9 Å². The predicted octanol–water partition coefficient (Wildman–Crippen LogP) is 3.69. The van der Waals surface area contributed by atoms with E-state index in [1.165, 1.54) is 6.07 Å². The standard InChI is InChI=1S/C17H20FNO2/c1-12(14-8-4-5-9-15(14)18)19-11-13-7-6-10-16(20-2)17(13)21-3/h4-10,12,19H,11H2,1-3H3. The summed E-state index contributed by atoms with van der Waals surface area (Å²) < 4.78 is 24.4. The van der Waals surface area contributed by atoms with Crippen molar-refractivity contribution in [1.82, 2.24) is 5.32 Å². The second-order valence-electron chi connectivity index (χ2n) is 4.78. The van der Waals surface area contributed by atoms with Gasteiger partial charge in [0, 0.05) is 23.7 Å². The first-order chi connectivity index (χ1) is 10.2. The molecular formula is C17H20FNO2. The molecule has 0 amide bonds. The number of nitrogens with one attached hydrogen (secondary N) is 1. The highest BCUT2D eigenvalue weighted by Gasteiger charge is 2.13. The van der Waals surface area contributed by atoms with E-state index in [9.17, 15) is 4.39 Å². The zero-order chi connectivity index (χ0) is 15.2. The van der Waals surface area contributed by atoms with E-state index in [0.29, 0.717) is 23.6 Å². The molecule has 1 atom stereocenters. The summed E-state index contributed by atoms with van der Waals surface area (Å²) >= 11 is 0. The summed E-state index contributed by atoms with van der Waals surface area (Å²) in [7, 11) is 3.22. The Bertz CT molecular complexity index is 601. The molecule has 0 aliphatic carbocycles. The molecule has 1 N–H and O–H groups in total. The van der Waals surface area contributed by atoms with Crippen LogP contribution in [0.4, 0.5) is 4.39 Å². The number of hydrogen-bond acceptors (Lipinski definition) is 3. The van der Waals surface area contributed by atoms with Crippen LogP contribution < -0.4 is 14.8 Å². The van der Waals surface area contributed by atoms with Crippen LogP contribution in [0.5, 0.6) is 11.5 Å². The van der Waals surface area contributed by atoms with Crippen molar-refractivity contribution in [1.29, 1.82) is 0 Å². The van der Waals surface area contributed by atoms with Crippen LogP contribution in [-0.2, 0) is 6.54 Å². The van der Waals surface area contributed by atoms with E-state index < -0.39 is 0 Å². The normalized spacial score (nSPS) is 12.0. The summed E-state index contributed by atoms with van der Waals surface area (Å²) in [6.45, 7) is 2.50. The molecule has 3 nitrogen and oxygen atoms in total. The fourth-order valence-electron chi connectivity index (χ4n) is 2.29. The Hall–Kier alpha value is -2.07. The number of halogens is 1. The van der Waals surface area contributed by atoms with Gasteiger partial charge >= 0.3 is 0 Å². The van der Waals surface area contributed by atoms with Crippen molar-refractivity contribution < 1.29 is 13.9 Å². The average Bonchev–Trinajstić information content (AvgIpc) is 2.52. The van der Waals surface area contributed by atoms with Crippen molar-refractivity contribution in [2.75, 3.05) is 14.2 Å². The summed E-state index contributed by atoms with van der Waals surface area (Å²) in [6.07, 6.45) is 0. The molecule has 2 aromatic rings. The van der Waals surface area contributed by atoms with Crippen LogP contribution in [0.1, 0.15) is 24.1 Å². The monoisotopic (exact) mass is 289 g/mol. The molecule has 0 saturated heterocycles. The molecule has 0 aliphatic rings. The Morgan fingerprint density at radius 2 is 1.81 bits per heavy atom. The van der Waals surface area contributed by atoms with E-state index in [1.807, 2.05) is 31.2 Å². The van der Waals surface area contributed by atoms with Crippen LogP contribution in [0.15, 0.2) is 42.5 Å². The maximum Gasteiger partial charge on any atom is 0.165 e. The molecule has 0 aliphatic heterocycles. The Balaban J connectivity index is 2.11. The highest BCUT2D eigenvalue weighted by molar-refractivity contribution is 5.46. The SMILES string of the molecule is COc1cccc(CNC(C)c2ccccc2F)c1OC. The van der Waals surface area contributed by atoms with Gasteiger partial charge in [-0.3, -0.25) is 0 Å². The third kappa shape index (κ3) is 3.52. The van der Waals surface area contributed by atoms with Gasteiger partial charge in [-0.1, -0.05) is 30.3 Å². The smallest absolute Gasteiger partial charge is 0.165 e. The van der Waals surface area contributed by atoms with E-state index in [4.69, 9.17) is 9.47 Å². The van der Waals surface area contributed by atoms with Crippen LogP contribution >= 0.6 is 0 Å². The van der Waals surface area contributed by atoms with E-state index in [0.717, 1.165) is 5.56 Å². The van der Waals surface area contributed by atoms with Gasteiger partial charge in [0.15, 0.2) is 11.5 Å². The van der Waals surface area contributed by atoms with E-state index >= 15 is 0 Å². The zero-order valence-corrected chi connectivity index (χ0v) is 12.5. The van der Waals surface area contributed by atoms with Crippen LogP contribution in [0.25, 0.3) is 0 Å². The number of benzene rings is 2. The van der Waals surface area contributed by atoms with Crippen LogP contribution in [-0.4, -0.2) is 14.2 Å². The summed E-state index contributed by atoms with van der Waals surface area (Å²) in [5, 5.41) is 3.31. The van der Waals surface area contributed by atoms with Gasteiger partial charge in [-0.15, -0.1) is 0 Å². The van der Waals surface area contributed by atoms with Gasteiger partial charge in [-0.2, -0.15) is 0 Å². The lowest BCUT2D eigenvalue weighted by Gasteiger charge is -2.17. The van der Waals surface area contributed by atoms with Crippen molar-refractivity contribution in [3.05, 3.63) is 59.4 Å². The summed E-state index contributed by atoms with van der Waals surface area (Å²) in [6, 6.07) is 12.4. The Kier molecular flexibility index (Phi) is 5.17. The van der Waals surface area contributed by atoms with Gasteiger partial charge < -0.3 is 14.8 Å². The second kappa shape index (κ2) is 7.09. The average molecular weight is 289 g/mol. The first kappa shape index (κ1) is 15.3. The van der Waals surface area contributed by atoms with Crippen LogP contribution in [0, 0.1) is 5.82 Å². The molecule has 0 spiro atoms. The molecule has 4 heteroatoms. The third-order valence-electron chi connectivity index (χ3n) is 3.45. The molecule has 2 aromatic carbocycles. The highest BCUT2D eigenvalue weighted by Crippen LogP contribution is 2.31. The van der Waals surface area contributed by atoms with Crippen molar-refractivity contribution in [3.8, 4) is 11.5 Å². The van der Waals surface area contributed by atoms with Gasteiger partial charge in [-0.05, 0) is 19.1 Å². The van der Waals surface area contributed by atoms with Gasteiger partial charge in [0.05, 0.1) is 14.2 Å². The molecular weight excluding hydrogens is 269 g/mol. The Morgan fingerprint density at radius 3 is 2.48 bits per heavy atom. The quantitative estimate of drug-likeness (QED) is 0.879. The fourth-order valence-corrected chi connectivity index (χ4v) is 2.29. The van der Waals surface area contributed by atoms with Crippen molar-refractivity contribution in [3.63, 3.8) is 0 Å². The Labute approximate surface area is 124 Å². The maximum absolute atomic E-state index is 13.7. The topological polar surface area (TPSA) is 30.5 Å². The molecule has 2 rings (SSSR count). The molecule has 0 radical (unpaired) electrons. The summed E-state index contributed by atoms with van der Waals surface area (Å²) in [4.78, 5) is 0. The van der Waals surface area contributed by atoms with Gasteiger partial charge in [-0.25, -0.2) is 4.39 Å². The molecule has 112 valence electrons. The first-order valence-corrected chi connectivity index (χ1v) is 6.85. The minimum atomic E-state index is -0.199. The molecule has 0 aromatic heterocycles. The van der Waals surface area contributed by atoms with Crippen molar-refractivity contribution in [2.24, 2.45) is 0 Å². The number of rotatable bonds is 6. The summed E-state index contributed by atoms with van der Waals surface area (Å²) in [5.74, 6) is 1.19. The number of methoxy groups -OCH3 is 2. The molecule has 0 fully saturated rings. The minimum absolute atomic E-state index is 0.0953. The maximum atomic E-state index is 13.7. The molecule has 0 heterocycles. The predicted molar refractivity (Wildman–Crippen MR) is 81.2 cm³/mol. The van der Waals surface area contributed by atoms with Crippen molar-refractivity contribution >= 4 is 0 Å². The molecule has 21 heavy (non-hydrogen) atoms. The second-order valence-corrected chi connectivity index (χ2v) is 4.78. The van der Waals surface area contributed by atoms with Gasteiger partial charge in [0.1, 0.15) is 5.82 Å². The number of ether oxygens (including phenoxy) is 2. The van der Waals surface area contributed by atoms with Crippen molar-refractivity contribution in [2.45, 2.75) is 19.5 Å². The van der Waals surface area contributed by atoms with E-state index in [2.05, 4.69) is 5.32 Å². The highest BCUT2D eigenvalue weighted by atomic mass is 19.1. The number of para-hydroxylation sites is 1. The van der Waals surface area contributed by atoms with Gasteiger partial charge in [0.25, 0.3) is 0 Å².